The van der Waals surface area contributed by atoms with Crippen molar-refractivity contribution >= 4 is 40.6 Å². The number of aryl methyl sites for hydroxylation is 2. The Kier molecular flexibility index (Phi) is 5.69. The molecule has 0 aliphatic heterocycles. The molecule has 0 unspecified atom stereocenters. The average molecular weight is 355 g/mol. The highest BCUT2D eigenvalue weighted by Gasteiger charge is 2.11. The van der Waals surface area contributed by atoms with E-state index in [0.29, 0.717) is 39.4 Å². The first-order valence-corrected chi connectivity index (χ1v) is 7.69. The quantitative estimate of drug-likeness (QED) is 0.579. The maximum Gasteiger partial charge on any atom is 0.303 e. The lowest BCUT2D eigenvalue weighted by molar-refractivity contribution is -0.137. The Morgan fingerprint density at radius 2 is 2.09 bits per heavy atom. The molecule has 0 aliphatic rings. The van der Waals surface area contributed by atoms with E-state index in [2.05, 4.69) is 10.5 Å². The Labute approximate surface area is 143 Å². The van der Waals surface area contributed by atoms with Gasteiger partial charge in [-0.3, -0.25) is 10.2 Å². The number of rotatable bonds is 6. The second kappa shape index (κ2) is 7.53. The molecule has 1 heterocycles. The molecule has 0 aliphatic carbocycles. The lowest BCUT2D eigenvalue weighted by Crippen LogP contribution is -2.00. The number of carboxylic acids is 1. The molecule has 1 aromatic heterocycles. The summed E-state index contributed by atoms with van der Waals surface area (Å²) in [6.07, 6.45) is 0.376. The van der Waals surface area contributed by atoms with Crippen molar-refractivity contribution in [2.45, 2.75) is 26.7 Å². The molecule has 7 heteroatoms. The first kappa shape index (κ1) is 17.4. The van der Waals surface area contributed by atoms with Crippen molar-refractivity contribution in [3.63, 3.8) is 0 Å². The van der Waals surface area contributed by atoms with Crippen LogP contribution in [0.3, 0.4) is 0 Å². The minimum atomic E-state index is -0.856. The van der Waals surface area contributed by atoms with Gasteiger partial charge in [-0.2, -0.15) is 5.10 Å². The van der Waals surface area contributed by atoms with E-state index in [1.165, 1.54) is 0 Å². The highest BCUT2D eigenvalue weighted by molar-refractivity contribution is 6.36. The first-order valence-electron chi connectivity index (χ1n) is 6.93. The predicted molar refractivity (Wildman–Crippen MR) is 91.7 cm³/mol. The standard InChI is InChI=1S/C16H16Cl2N2O3/c1-9(19-20-15-5-3-11(17)7-14(15)18)13-8-12(23-10(13)2)4-6-16(21)22/h3,5,7-8,20H,4,6H2,1-2H3,(H,21,22)/b19-9-. The lowest BCUT2D eigenvalue weighted by atomic mass is 10.1. The normalized spacial score (nSPS) is 11.6. The Morgan fingerprint density at radius 3 is 2.74 bits per heavy atom. The van der Waals surface area contributed by atoms with Crippen molar-refractivity contribution < 1.29 is 14.3 Å². The molecular weight excluding hydrogens is 339 g/mol. The molecule has 0 radical (unpaired) electrons. The summed E-state index contributed by atoms with van der Waals surface area (Å²) in [6, 6.07) is 6.89. The second-order valence-electron chi connectivity index (χ2n) is 5.01. The molecule has 2 rings (SSSR count). The van der Waals surface area contributed by atoms with Gasteiger partial charge >= 0.3 is 5.97 Å². The van der Waals surface area contributed by atoms with Crippen LogP contribution >= 0.6 is 23.2 Å². The summed E-state index contributed by atoms with van der Waals surface area (Å²) >= 11 is 11.9. The van der Waals surface area contributed by atoms with Gasteiger partial charge in [0.25, 0.3) is 0 Å². The SMILES string of the molecule is C/C(=N/Nc1ccc(Cl)cc1Cl)c1cc(CCC(=O)O)oc1C. The second-order valence-corrected chi connectivity index (χ2v) is 5.85. The number of benzene rings is 1. The van der Waals surface area contributed by atoms with E-state index in [1.807, 2.05) is 19.9 Å². The summed E-state index contributed by atoms with van der Waals surface area (Å²) in [5.74, 6) is 0.458. The molecule has 0 saturated carbocycles. The van der Waals surface area contributed by atoms with Gasteiger partial charge in [0, 0.05) is 17.0 Å². The van der Waals surface area contributed by atoms with Crippen LogP contribution in [0.4, 0.5) is 5.69 Å². The number of anilines is 1. The van der Waals surface area contributed by atoms with Crippen LogP contribution in [-0.4, -0.2) is 16.8 Å². The number of carboxylic acid groups (broad SMARTS) is 1. The van der Waals surface area contributed by atoms with Crippen LogP contribution in [0.25, 0.3) is 0 Å². The molecule has 0 spiro atoms. The molecule has 0 fully saturated rings. The number of hydrazone groups is 1. The summed E-state index contributed by atoms with van der Waals surface area (Å²) in [4.78, 5) is 10.6. The van der Waals surface area contributed by atoms with Crippen LogP contribution < -0.4 is 5.43 Å². The third-order valence-corrected chi connectivity index (χ3v) is 3.77. The maximum atomic E-state index is 10.6. The Hall–Kier alpha value is -1.98. The summed E-state index contributed by atoms with van der Waals surface area (Å²) in [5.41, 5.74) is 5.06. The van der Waals surface area contributed by atoms with Crippen LogP contribution in [0.2, 0.25) is 10.0 Å². The van der Waals surface area contributed by atoms with Gasteiger partial charge in [-0.05, 0) is 38.1 Å². The van der Waals surface area contributed by atoms with E-state index in [9.17, 15) is 4.79 Å². The number of halogens is 2. The third-order valence-electron chi connectivity index (χ3n) is 3.22. The molecule has 0 saturated heterocycles. The molecule has 5 nitrogen and oxygen atoms in total. The van der Waals surface area contributed by atoms with Gasteiger partial charge in [0.1, 0.15) is 11.5 Å². The first-order chi connectivity index (χ1) is 10.9. The zero-order valence-electron chi connectivity index (χ0n) is 12.7. The van der Waals surface area contributed by atoms with Crippen molar-refractivity contribution in [2.24, 2.45) is 5.10 Å². The van der Waals surface area contributed by atoms with Gasteiger partial charge in [0.05, 0.1) is 22.8 Å². The van der Waals surface area contributed by atoms with Gasteiger partial charge < -0.3 is 9.52 Å². The molecule has 0 bridgehead atoms. The highest BCUT2D eigenvalue weighted by Crippen LogP contribution is 2.25. The number of nitrogens with zero attached hydrogens (tertiary/aromatic N) is 1. The Morgan fingerprint density at radius 1 is 1.35 bits per heavy atom. The van der Waals surface area contributed by atoms with Crippen LogP contribution in [0.5, 0.6) is 0 Å². The molecule has 122 valence electrons. The molecule has 23 heavy (non-hydrogen) atoms. The van der Waals surface area contributed by atoms with E-state index in [4.69, 9.17) is 32.7 Å². The van der Waals surface area contributed by atoms with Crippen LogP contribution in [-0.2, 0) is 11.2 Å². The van der Waals surface area contributed by atoms with E-state index < -0.39 is 5.97 Å². The van der Waals surface area contributed by atoms with E-state index in [1.54, 1.807) is 18.2 Å². The van der Waals surface area contributed by atoms with Crippen molar-refractivity contribution in [1.82, 2.24) is 0 Å². The van der Waals surface area contributed by atoms with Crippen LogP contribution in [0, 0.1) is 6.92 Å². The number of hydrogen-bond donors (Lipinski definition) is 2. The fraction of sp³-hybridized carbons (Fsp3) is 0.250. The predicted octanol–water partition coefficient (Wildman–Crippen LogP) is 4.75. The fourth-order valence-electron chi connectivity index (χ4n) is 2.04. The minimum Gasteiger partial charge on any atom is -0.481 e. The van der Waals surface area contributed by atoms with Gasteiger partial charge in [0.15, 0.2) is 0 Å². The smallest absolute Gasteiger partial charge is 0.303 e. The number of nitrogens with one attached hydrogen (secondary N) is 1. The molecule has 2 aromatic rings. The largest absolute Gasteiger partial charge is 0.481 e. The third kappa shape index (κ3) is 4.74. The number of carbonyl (C=O) groups is 1. The van der Waals surface area contributed by atoms with Crippen molar-refractivity contribution in [2.75, 3.05) is 5.43 Å². The topological polar surface area (TPSA) is 74.8 Å². The zero-order valence-corrected chi connectivity index (χ0v) is 14.2. The summed E-state index contributed by atoms with van der Waals surface area (Å²) < 4.78 is 5.56. The van der Waals surface area contributed by atoms with Crippen molar-refractivity contribution in [1.29, 1.82) is 0 Å². The summed E-state index contributed by atoms with van der Waals surface area (Å²) in [7, 11) is 0. The van der Waals surface area contributed by atoms with Crippen LogP contribution in [0.1, 0.15) is 30.4 Å². The lowest BCUT2D eigenvalue weighted by Gasteiger charge is -2.05. The molecular formula is C16H16Cl2N2O3. The Bertz CT molecular complexity index is 754. The van der Waals surface area contributed by atoms with Gasteiger partial charge in [-0.15, -0.1) is 0 Å². The van der Waals surface area contributed by atoms with Gasteiger partial charge in [-0.1, -0.05) is 23.2 Å². The molecule has 1 aromatic carbocycles. The van der Waals surface area contributed by atoms with E-state index >= 15 is 0 Å². The number of furan rings is 1. The molecule has 2 N–H and O–H groups in total. The van der Waals surface area contributed by atoms with E-state index in [-0.39, 0.29) is 6.42 Å². The average Bonchev–Trinajstić information content (AvgIpc) is 2.85. The van der Waals surface area contributed by atoms with Gasteiger partial charge in [0.2, 0.25) is 0 Å². The van der Waals surface area contributed by atoms with Gasteiger partial charge in [-0.25, -0.2) is 0 Å². The zero-order chi connectivity index (χ0) is 17.0. The molecule has 0 atom stereocenters. The monoisotopic (exact) mass is 354 g/mol. The Balaban J connectivity index is 2.12. The minimum absolute atomic E-state index is 0.0290. The van der Waals surface area contributed by atoms with Crippen molar-refractivity contribution in [3.8, 4) is 0 Å². The highest BCUT2D eigenvalue weighted by atomic mass is 35.5. The fourth-order valence-corrected chi connectivity index (χ4v) is 2.49. The number of hydrogen-bond acceptors (Lipinski definition) is 4. The summed E-state index contributed by atoms with van der Waals surface area (Å²) in [6.45, 7) is 3.64. The molecule has 0 amide bonds. The summed E-state index contributed by atoms with van der Waals surface area (Å²) in [5, 5.41) is 14.0. The van der Waals surface area contributed by atoms with Crippen molar-refractivity contribution in [3.05, 3.63) is 51.4 Å². The maximum absolute atomic E-state index is 10.6. The van der Waals surface area contributed by atoms with Crippen LogP contribution in [0.15, 0.2) is 33.8 Å². The van der Waals surface area contributed by atoms with E-state index in [0.717, 1.165) is 5.56 Å². The number of aliphatic carboxylic acids is 1.